The first-order valence-electron chi connectivity index (χ1n) is 10.0. The van der Waals surface area contributed by atoms with E-state index in [1.165, 1.54) is 12.1 Å². The lowest BCUT2D eigenvalue weighted by Crippen LogP contribution is -2.62. The van der Waals surface area contributed by atoms with E-state index in [1.807, 2.05) is 35.7 Å². The number of hydrogen-bond acceptors (Lipinski definition) is 4. The van der Waals surface area contributed by atoms with Crippen LogP contribution in [0.15, 0.2) is 72.1 Å². The van der Waals surface area contributed by atoms with Gasteiger partial charge in [-0.3, -0.25) is 9.69 Å². The molecular weight excluding hydrogens is 399 g/mol. The number of aliphatic hydroxyl groups is 1. The van der Waals surface area contributed by atoms with Crippen LogP contribution < -0.4 is 5.32 Å². The molecule has 3 unspecified atom stereocenters. The molecular formula is C24H25FN2O2S. The molecule has 4 rings (SSSR count). The average molecular weight is 425 g/mol. The van der Waals surface area contributed by atoms with E-state index in [9.17, 15) is 14.3 Å². The molecule has 0 radical (unpaired) electrons. The number of carbonyl (C=O) groups excluding carboxylic acids is 1. The van der Waals surface area contributed by atoms with E-state index in [2.05, 4.69) is 10.2 Å². The Balaban J connectivity index is 1.65. The molecule has 2 heterocycles. The largest absolute Gasteiger partial charge is 0.388 e. The van der Waals surface area contributed by atoms with Crippen LogP contribution in [0.25, 0.3) is 0 Å². The van der Waals surface area contributed by atoms with Crippen LogP contribution in [0.5, 0.6) is 0 Å². The second-order valence-electron chi connectivity index (χ2n) is 7.98. The normalized spacial score (nSPS) is 24.5. The highest BCUT2D eigenvalue weighted by molar-refractivity contribution is 7.10. The summed E-state index contributed by atoms with van der Waals surface area (Å²) in [5, 5.41) is 16.3. The Labute approximate surface area is 180 Å². The number of rotatable bonds is 5. The Hall–Kier alpha value is -2.54. The number of hydrogen-bond donors (Lipinski definition) is 2. The SMILES string of the molecule is CC1(O)CCN(Cc2ccc(F)cc2)C(c2cccs2)C1NC(=O)c1ccccc1. The highest BCUT2D eigenvalue weighted by Crippen LogP contribution is 2.39. The van der Waals surface area contributed by atoms with E-state index in [-0.39, 0.29) is 17.8 Å². The molecule has 3 atom stereocenters. The number of piperidine rings is 1. The van der Waals surface area contributed by atoms with Crippen molar-refractivity contribution in [3.63, 3.8) is 0 Å². The van der Waals surface area contributed by atoms with Crippen LogP contribution >= 0.6 is 11.3 Å². The fourth-order valence-corrected chi connectivity index (χ4v) is 4.97. The van der Waals surface area contributed by atoms with E-state index < -0.39 is 11.6 Å². The van der Waals surface area contributed by atoms with Crippen molar-refractivity contribution in [2.45, 2.75) is 37.6 Å². The highest BCUT2D eigenvalue weighted by atomic mass is 32.1. The van der Waals surface area contributed by atoms with Crippen molar-refractivity contribution < 1.29 is 14.3 Å². The van der Waals surface area contributed by atoms with Gasteiger partial charge in [-0.15, -0.1) is 11.3 Å². The van der Waals surface area contributed by atoms with Crippen molar-refractivity contribution in [2.24, 2.45) is 0 Å². The summed E-state index contributed by atoms with van der Waals surface area (Å²) in [7, 11) is 0. The molecule has 1 aliphatic heterocycles. The summed E-state index contributed by atoms with van der Waals surface area (Å²) < 4.78 is 13.3. The van der Waals surface area contributed by atoms with Crippen LogP contribution in [0, 0.1) is 5.82 Å². The fraction of sp³-hybridized carbons (Fsp3) is 0.292. The fourth-order valence-electron chi connectivity index (χ4n) is 4.07. The van der Waals surface area contributed by atoms with Gasteiger partial charge in [0.15, 0.2) is 0 Å². The molecule has 1 amide bonds. The van der Waals surface area contributed by atoms with Gasteiger partial charge in [-0.1, -0.05) is 36.4 Å². The minimum Gasteiger partial charge on any atom is -0.388 e. The lowest BCUT2D eigenvalue weighted by Gasteiger charge is -2.48. The van der Waals surface area contributed by atoms with Gasteiger partial charge in [-0.05, 0) is 54.6 Å². The number of amides is 1. The van der Waals surface area contributed by atoms with Gasteiger partial charge in [0.25, 0.3) is 5.91 Å². The van der Waals surface area contributed by atoms with Gasteiger partial charge in [0.05, 0.1) is 17.7 Å². The standard InChI is InChI=1S/C24H25FN2O2S/c1-24(29)13-14-27(16-17-9-11-19(25)12-10-17)21(20-8-5-15-30-20)22(24)26-23(28)18-6-3-2-4-7-18/h2-12,15,21-22,29H,13-14,16H2,1H3,(H,26,28). The van der Waals surface area contributed by atoms with Gasteiger partial charge < -0.3 is 10.4 Å². The molecule has 4 nitrogen and oxygen atoms in total. The molecule has 30 heavy (non-hydrogen) atoms. The quantitative estimate of drug-likeness (QED) is 0.639. The number of thiophene rings is 1. The van der Waals surface area contributed by atoms with E-state index in [4.69, 9.17) is 0 Å². The minimum absolute atomic E-state index is 0.188. The van der Waals surface area contributed by atoms with Crippen molar-refractivity contribution in [3.05, 3.63) is 93.9 Å². The lowest BCUT2D eigenvalue weighted by atomic mass is 9.81. The summed E-state index contributed by atoms with van der Waals surface area (Å²) in [5.74, 6) is -0.464. The summed E-state index contributed by atoms with van der Waals surface area (Å²) in [4.78, 5) is 16.3. The number of halogens is 1. The van der Waals surface area contributed by atoms with Crippen LogP contribution in [0.3, 0.4) is 0 Å². The van der Waals surface area contributed by atoms with Gasteiger partial charge in [0.2, 0.25) is 0 Å². The maximum atomic E-state index is 13.3. The highest BCUT2D eigenvalue weighted by Gasteiger charge is 2.46. The molecule has 2 aromatic carbocycles. The summed E-state index contributed by atoms with van der Waals surface area (Å²) in [6.45, 7) is 3.07. The zero-order valence-electron chi connectivity index (χ0n) is 16.8. The van der Waals surface area contributed by atoms with Crippen LogP contribution in [-0.2, 0) is 6.54 Å². The van der Waals surface area contributed by atoms with E-state index in [0.717, 1.165) is 10.4 Å². The van der Waals surface area contributed by atoms with Crippen molar-refractivity contribution in [2.75, 3.05) is 6.54 Å². The molecule has 0 spiro atoms. The van der Waals surface area contributed by atoms with Gasteiger partial charge in [0, 0.05) is 23.5 Å². The maximum Gasteiger partial charge on any atom is 0.251 e. The third-order valence-corrected chi connectivity index (χ3v) is 6.68. The zero-order chi connectivity index (χ0) is 21.1. The monoisotopic (exact) mass is 424 g/mol. The Morgan fingerprint density at radius 3 is 2.57 bits per heavy atom. The molecule has 2 N–H and O–H groups in total. The second-order valence-corrected chi connectivity index (χ2v) is 8.96. The number of likely N-dealkylation sites (tertiary alicyclic amines) is 1. The summed E-state index contributed by atoms with van der Waals surface area (Å²) in [5.41, 5.74) is 0.500. The Bertz CT molecular complexity index is 974. The first-order valence-corrected chi connectivity index (χ1v) is 10.9. The van der Waals surface area contributed by atoms with Crippen LogP contribution in [0.2, 0.25) is 0 Å². The predicted octanol–water partition coefficient (Wildman–Crippen LogP) is 4.38. The molecule has 1 aromatic heterocycles. The van der Waals surface area contributed by atoms with Gasteiger partial charge in [0.1, 0.15) is 5.82 Å². The van der Waals surface area contributed by atoms with Crippen molar-refractivity contribution in [1.29, 1.82) is 0 Å². The molecule has 0 bridgehead atoms. The van der Waals surface area contributed by atoms with Crippen LogP contribution in [0.1, 0.15) is 40.2 Å². The minimum atomic E-state index is -1.06. The van der Waals surface area contributed by atoms with E-state index in [1.54, 1.807) is 42.5 Å². The van der Waals surface area contributed by atoms with Gasteiger partial charge in [-0.2, -0.15) is 0 Å². The number of carbonyl (C=O) groups is 1. The summed E-state index contributed by atoms with van der Waals surface area (Å²) in [6, 6.07) is 18.9. The van der Waals surface area contributed by atoms with Crippen molar-refractivity contribution >= 4 is 17.2 Å². The molecule has 156 valence electrons. The van der Waals surface area contributed by atoms with Gasteiger partial charge >= 0.3 is 0 Å². The molecule has 1 fully saturated rings. The topological polar surface area (TPSA) is 52.6 Å². The average Bonchev–Trinajstić information content (AvgIpc) is 3.27. The lowest BCUT2D eigenvalue weighted by molar-refractivity contribution is -0.0656. The molecule has 0 aliphatic carbocycles. The number of benzene rings is 2. The molecule has 6 heteroatoms. The van der Waals surface area contributed by atoms with E-state index >= 15 is 0 Å². The first kappa shape index (κ1) is 20.7. The third kappa shape index (κ3) is 4.46. The number of nitrogens with one attached hydrogen (secondary N) is 1. The van der Waals surface area contributed by atoms with Crippen LogP contribution in [0.4, 0.5) is 4.39 Å². The second kappa shape index (κ2) is 8.68. The first-order chi connectivity index (χ1) is 14.4. The molecule has 1 saturated heterocycles. The Kier molecular flexibility index (Phi) is 5.99. The van der Waals surface area contributed by atoms with Crippen LogP contribution in [-0.4, -0.2) is 34.1 Å². The molecule has 3 aromatic rings. The zero-order valence-corrected chi connectivity index (χ0v) is 17.6. The summed E-state index contributed by atoms with van der Waals surface area (Å²) >= 11 is 1.61. The third-order valence-electron chi connectivity index (χ3n) is 5.74. The molecule has 0 saturated carbocycles. The Morgan fingerprint density at radius 1 is 1.17 bits per heavy atom. The van der Waals surface area contributed by atoms with Crippen molar-refractivity contribution in [3.8, 4) is 0 Å². The van der Waals surface area contributed by atoms with Crippen molar-refractivity contribution in [1.82, 2.24) is 10.2 Å². The van der Waals surface area contributed by atoms with E-state index in [0.29, 0.717) is 25.1 Å². The smallest absolute Gasteiger partial charge is 0.251 e. The number of nitrogens with zero attached hydrogens (tertiary/aromatic N) is 1. The van der Waals surface area contributed by atoms with Gasteiger partial charge in [-0.25, -0.2) is 4.39 Å². The maximum absolute atomic E-state index is 13.3. The predicted molar refractivity (Wildman–Crippen MR) is 117 cm³/mol. The Morgan fingerprint density at radius 2 is 1.90 bits per heavy atom. The summed E-state index contributed by atoms with van der Waals surface area (Å²) in [6.07, 6.45) is 0.524. The molecule has 1 aliphatic rings.